The number of ether oxygens (including phenoxy) is 1. The SMILES string of the molecule is COC(=O)c1cccc(Nc2cc(NC3CCCCC3)ncn2)c1. The first-order valence-electron chi connectivity index (χ1n) is 8.28. The van der Waals surface area contributed by atoms with Crippen LogP contribution in [0.4, 0.5) is 17.3 Å². The summed E-state index contributed by atoms with van der Waals surface area (Å²) in [6.45, 7) is 0. The van der Waals surface area contributed by atoms with Gasteiger partial charge in [0.25, 0.3) is 0 Å². The van der Waals surface area contributed by atoms with Crippen molar-refractivity contribution >= 4 is 23.3 Å². The molecule has 0 atom stereocenters. The molecule has 1 aliphatic rings. The van der Waals surface area contributed by atoms with Crippen molar-refractivity contribution in [2.24, 2.45) is 0 Å². The number of methoxy groups -OCH3 is 1. The number of hydrogen-bond acceptors (Lipinski definition) is 6. The number of aromatic nitrogens is 2. The highest BCUT2D eigenvalue weighted by atomic mass is 16.5. The maximum atomic E-state index is 11.6. The summed E-state index contributed by atoms with van der Waals surface area (Å²) in [7, 11) is 1.37. The van der Waals surface area contributed by atoms with Gasteiger partial charge in [-0.2, -0.15) is 0 Å². The number of rotatable bonds is 5. The molecule has 1 aliphatic carbocycles. The fourth-order valence-corrected chi connectivity index (χ4v) is 2.95. The zero-order valence-corrected chi connectivity index (χ0v) is 13.8. The Bertz CT molecular complexity index is 699. The minimum absolute atomic E-state index is 0.360. The van der Waals surface area contributed by atoms with E-state index in [0.717, 1.165) is 11.5 Å². The van der Waals surface area contributed by atoms with Crippen LogP contribution in [0.2, 0.25) is 0 Å². The van der Waals surface area contributed by atoms with Gasteiger partial charge in [-0.15, -0.1) is 0 Å². The Labute approximate surface area is 141 Å². The summed E-state index contributed by atoms with van der Waals surface area (Å²) < 4.78 is 4.74. The van der Waals surface area contributed by atoms with Gasteiger partial charge < -0.3 is 15.4 Å². The summed E-state index contributed by atoms with van der Waals surface area (Å²) in [6.07, 6.45) is 7.78. The van der Waals surface area contributed by atoms with Crippen LogP contribution in [0.5, 0.6) is 0 Å². The first-order chi connectivity index (χ1) is 11.7. The van der Waals surface area contributed by atoms with Crippen LogP contribution in [-0.4, -0.2) is 29.1 Å². The third kappa shape index (κ3) is 4.22. The van der Waals surface area contributed by atoms with E-state index in [4.69, 9.17) is 4.74 Å². The minimum Gasteiger partial charge on any atom is -0.465 e. The molecule has 0 radical (unpaired) electrons. The molecule has 0 saturated heterocycles. The molecule has 6 nitrogen and oxygen atoms in total. The fraction of sp³-hybridized carbons (Fsp3) is 0.389. The number of esters is 1. The molecule has 6 heteroatoms. The summed E-state index contributed by atoms with van der Waals surface area (Å²) in [4.78, 5) is 20.1. The van der Waals surface area contributed by atoms with Gasteiger partial charge in [0, 0.05) is 17.8 Å². The van der Waals surface area contributed by atoms with E-state index in [0.29, 0.717) is 17.4 Å². The highest BCUT2D eigenvalue weighted by Crippen LogP contribution is 2.22. The molecular weight excluding hydrogens is 304 g/mol. The quantitative estimate of drug-likeness (QED) is 0.815. The van der Waals surface area contributed by atoms with Crippen LogP contribution in [0.15, 0.2) is 36.7 Å². The second-order valence-electron chi connectivity index (χ2n) is 5.97. The second-order valence-corrected chi connectivity index (χ2v) is 5.97. The van der Waals surface area contributed by atoms with Gasteiger partial charge in [0.05, 0.1) is 12.7 Å². The van der Waals surface area contributed by atoms with E-state index in [-0.39, 0.29) is 5.97 Å². The van der Waals surface area contributed by atoms with Gasteiger partial charge in [-0.25, -0.2) is 14.8 Å². The molecular formula is C18H22N4O2. The van der Waals surface area contributed by atoms with Gasteiger partial charge in [0.1, 0.15) is 18.0 Å². The summed E-state index contributed by atoms with van der Waals surface area (Å²) in [5, 5.41) is 6.68. The lowest BCUT2D eigenvalue weighted by Crippen LogP contribution is -2.22. The number of carbonyl (C=O) groups is 1. The van der Waals surface area contributed by atoms with Crippen LogP contribution in [0.25, 0.3) is 0 Å². The molecule has 3 rings (SSSR count). The minimum atomic E-state index is -0.360. The molecule has 2 N–H and O–H groups in total. The van der Waals surface area contributed by atoms with Crippen LogP contribution in [0.1, 0.15) is 42.5 Å². The van der Waals surface area contributed by atoms with E-state index in [1.807, 2.05) is 12.1 Å². The van der Waals surface area contributed by atoms with Crippen LogP contribution >= 0.6 is 0 Å². The van der Waals surface area contributed by atoms with E-state index in [2.05, 4.69) is 20.6 Å². The summed E-state index contributed by atoms with van der Waals surface area (Å²) in [5.41, 5.74) is 1.28. The summed E-state index contributed by atoms with van der Waals surface area (Å²) in [6, 6.07) is 9.51. The number of hydrogen-bond donors (Lipinski definition) is 2. The third-order valence-electron chi connectivity index (χ3n) is 4.18. The molecule has 1 fully saturated rings. The number of nitrogens with one attached hydrogen (secondary N) is 2. The largest absolute Gasteiger partial charge is 0.465 e. The molecule has 0 amide bonds. The molecule has 1 saturated carbocycles. The highest BCUT2D eigenvalue weighted by Gasteiger charge is 2.13. The van der Waals surface area contributed by atoms with E-state index < -0.39 is 0 Å². The Hall–Kier alpha value is -2.63. The van der Waals surface area contributed by atoms with Crippen molar-refractivity contribution in [1.29, 1.82) is 0 Å². The lowest BCUT2D eigenvalue weighted by molar-refractivity contribution is 0.0601. The average molecular weight is 326 g/mol. The van der Waals surface area contributed by atoms with Crippen molar-refractivity contribution in [3.8, 4) is 0 Å². The number of anilines is 3. The van der Waals surface area contributed by atoms with Gasteiger partial charge >= 0.3 is 5.97 Å². The molecule has 1 heterocycles. The average Bonchev–Trinajstić information content (AvgIpc) is 2.62. The first-order valence-corrected chi connectivity index (χ1v) is 8.28. The van der Waals surface area contributed by atoms with Gasteiger partial charge in [-0.1, -0.05) is 25.3 Å². The van der Waals surface area contributed by atoms with Crippen LogP contribution in [-0.2, 0) is 4.74 Å². The number of benzene rings is 1. The Morgan fingerprint density at radius 3 is 2.71 bits per heavy atom. The van der Waals surface area contributed by atoms with Crippen LogP contribution in [0, 0.1) is 0 Å². The topological polar surface area (TPSA) is 76.1 Å². The maximum Gasteiger partial charge on any atom is 0.337 e. The van der Waals surface area contributed by atoms with Crippen molar-refractivity contribution < 1.29 is 9.53 Å². The zero-order chi connectivity index (χ0) is 16.8. The van der Waals surface area contributed by atoms with Gasteiger partial charge in [-0.3, -0.25) is 0 Å². The Morgan fingerprint density at radius 2 is 1.92 bits per heavy atom. The van der Waals surface area contributed by atoms with Crippen molar-refractivity contribution in [1.82, 2.24) is 9.97 Å². The van der Waals surface area contributed by atoms with E-state index in [9.17, 15) is 4.79 Å². The maximum absolute atomic E-state index is 11.6. The molecule has 24 heavy (non-hydrogen) atoms. The van der Waals surface area contributed by atoms with Crippen molar-refractivity contribution in [3.63, 3.8) is 0 Å². The predicted molar refractivity (Wildman–Crippen MR) is 93.6 cm³/mol. The highest BCUT2D eigenvalue weighted by molar-refractivity contribution is 5.90. The molecule has 1 aromatic carbocycles. The zero-order valence-electron chi connectivity index (χ0n) is 13.8. The monoisotopic (exact) mass is 326 g/mol. The smallest absolute Gasteiger partial charge is 0.337 e. The standard InChI is InChI=1S/C18H22N4O2/c1-24-18(23)13-6-5-9-15(10-13)22-17-11-16(19-12-20-17)21-14-7-3-2-4-8-14/h5-6,9-12,14H,2-4,7-8H2,1H3,(H2,19,20,21,22). The Morgan fingerprint density at radius 1 is 1.12 bits per heavy atom. The Balaban J connectivity index is 1.69. The number of carbonyl (C=O) groups excluding carboxylic acids is 1. The van der Waals surface area contributed by atoms with Crippen LogP contribution in [0.3, 0.4) is 0 Å². The molecule has 0 spiro atoms. The summed E-state index contributed by atoms with van der Waals surface area (Å²) in [5.74, 6) is 1.15. The van der Waals surface area contributed by atoms with E-state index in [1.165, 1.54) is 45.5 Å². The molecule has 0 bridgehead atoms. The van der Waals surface area contributed by atoms with Crippen LogP contribution < -0.4 is 10.6 Å². The third-order valence-corrected chi connectivity index (χ3v) is 4.18. The normalized spacial score (nSPS) is 14.9. The molecule has 0 unspecified atom stereocenters. The molecule has 1 aromatic heterocycles. The lowest BCUT2D eigenvalue weighted by Gasteiger charge is -2.23. The second kappa shape index (κ2) is 7.77. The van der Waals surface area contributed by atoms with Crippen molar-refractivity contribution in [2.45, 2.75) is 38.1 Å². The van der Waals surface area contributed by atoms with Gasteiger partial charge in [0.15, 0.2) is 0 Å². The van der Waals surface area contributed by atoms with E-state index >= 15 is 0 Å². The fourth-order valence-electron chi connectivity index (χ4n) is 2.95. The molecule has 0 aliphatic heterocycles. The predicted octanol–water partition coefficient (Wildman–Crippen LogP) is 3.75. The first kappa shape index (κ1) is 16.2. The molecule has 126 valence electrons. The Kier molecular flexibility index (Phi) is 5.25. The lowest BCUT2D eigenvalue weighted by atomic mass is 9.95. The number of nitrogens with zero attached hydrogens (tertiary/aromatic N) is 2. The van der Waals surface area contributed by atoms with Gasteiger partial charge in [0.2, 0.25) is 0 Å². The molecule has 2 aromatic rings. The van der Waals surface area contributed by atoms with Gasteiger partial charge in [-0.05, 0) is 31.0 Å². The van der Waals surface area contributed by atoms with Crippen molar-refractivity contribution in [3.05, 3.63) is 42.2 Å². The van der Waals surface area contributed by atoms with Crippen molar-refractivity contribution in [2.75, 3.05) is 17.7 Å². The van der Waals surface area contributed by atoms with E-state index in [1.54, 1.807) is 18.2 Å². The summed E-state index contributed by atoms with van der Waals surface area (Å²) >= 11 is 0.